The summed E-state index contributed by atoms with van der Waals surface area (Å²) < 4.78 is 92.9. The third kappa shape index (κ3) is 6.11. The van der Waals surface area contributed by atoms with Crippen molar-refractivity contribution in [3.8, 4) is 22.6 Å². The summed E-state index contributed by atoms with van der Waals surface area (Å²) in [5, 5.41) is 9.46. The van der Waals surface area contributed by atoms with Gasteiger partial charge in [-0.05, 0) is 74.7 Å². The smallest absolute Gasteiger partial charge is 0.387 e. The molecule has 0 saturated carbocycles. The van der Waals surface area contributed by atoms with Crippen molar-refractivity contribution in [3.63, 3.8) is 0 Å². The number of benzene rings is 3. The summed E-state index contributed by atoms with van der Waals surface area (Å²) in [4.78, 5) is 11.2. The number of sulfonamides is 1. The van der Waals surface area contributed by atoms with Gasteiger partial charge in [-0.15, -0.1) is 0 Å². The molecular weight excluding hydrogens is 542 g/mol. The minimum atomic E-state index is -4.41. The maximum Gasteiger partial charge on any atom is 0.387 e. The molecule has 0 fully saturated rings. The van der Waals surface area contributed by atoms with Gasteiger partial charge in [-0.25, -0.2) is 17.2 Å². The van der Waals surface area contributed by atoms with Gasteiger partial charge in [0.2, 0.25) is 0 Å². The molecule has 12 heteroatoms. The molecule has 0 aromatic heterocycles. The number of hydrogen-bond donors (Lipinski definition) is 1. The first kappa shape index (κ1) is 28.2. The van der Waals surface area contributed by atoms with Crippen LogP contribution in [0.2, 0.25) is 0 Å². The largest absolute Gasteiger partial charge is 0.486 e. The summed E-state index contributed by atoms with van der Waals surface area (Å²) in [5.74, 6) is -2.70. The van der Waals surface area contributed by atoms with Crippen molar-refractivity contribution in [2.75, 3.05) is 10.8 Å². The van der Waals surface area contributed by atoms with Crippen LogP contribution in [0.1, 0.15) is 26.7 Å². The predicted molar refractivity (Wildman–Crippen MR) is 134 cm³/mol. The number of carbonyl (C=O) groups is 1. The Kier molecular flexibility index (Phi) is 7.78. The van der Waals surface area contributed by atoms with Gasteiger partial charge in [0, 0.05) is 11.6 Å². The van der Waals surface area contributed by atoms with Gasteiger partial charge in [0.1, 0.15) is 29.2 Å². The molecule has 0 bridgehead atoms. The Morgan fingerprint density at radius 3 is 2.56 bits per heavy atom. The highest BCUT2D eigenvalue weighted by atomic mass is 32.2. The zero-order valence-corrected chi connectivity index (χ0v) is 21.7. The molecule has 3 aromatic carbocycles. The zero-order chi connectivity index (χ0) is 28.5. The number of ether oxygens (including phenoxy) is 2. The van der Waals surface area contributed by atoms with Crippen molar-refractivity contribution in [2.45, 2.75) is 44.3 Å². The Hall–Kier alpha value is -3.80. The Morgan fingerprint density at radius 1 is 1.13 bits per heavy atom. The Morgan fingerprint density at radius 2 is 1.87 bits per heavy atom. The number of halogens is 4. The molecule has 1 aliphatic heterocycles. The Balaban J connectivity index is 1.78. The highest BCUT2D eigenvalue weighted by molar-refractivity contribution is 7.92. The summed E-state index contributed by atoms with van der Waals surface area (Å²) in [6, 6.07) is 11.7. The van der Waals surface area contributed by atoms with Crippen molar-refractivity contribution >= 4 is 21.7 Å². The lowest BCUT2D eigenvalue weighted by Gasteiger charge is -2.36. The summed E-state index contributed by atoms with van der Waals surface area (Å²) in [7, 11) is -4.41. The number of fused-ring (bicyclic) bond motifs is 1. The molecule has 1 aliphatic rings. The van der Waals surface area contributed by atoms with Gasteiger partial charge in [-0.2, -0.15) is 8.78 Å². The van der Waals surface area contributed by atoms with Gasteiger partial charge >= 0.3 is 12.6 Å². The van der Waals surface area contributed by atoms with E-state index >= 15 is 0 Å². The standard InChI is InChI=1S/C27H25F4NO6S/c1-27(2,25(33)34)11-10-19-15-32(39(35,36)20-5-3-4-18(14-20)38-26(30)31)23-12-16(6-9-24(23)37-19)21-13-17(28)7-8-22(21)29/h3-9,12-14,19,26H,10-11,15H2,1-2H3,(H,33,34). The van der Waals surface area contributed by atoms with Crippen molar-refractivity contribution in [1.82, 2.24) is 0 Å². The lowest BCUT2D eigenvalue weighted by Crippen LogP contribution is -2.44. The molecule has 208 valence electrons. The minimum Gasteiger partial charge on any atom is -0.486 e. The second-order valence-electron chi connectivity index (χ2n) is 9.66. The van der Waals surface area contributed by atoms with Crippen LogP contribution in [-0.4, -0.2) is 38.8 Å². The van der Waals surface area contributed by atoms with Crippen LogP contribution >= 0.6 is 0 Å². The van der Waals surface area contributed by atoms with E-state index in [2.05, 4.69) is 4.74 Å². The summed E-state index contributed by atoms with van der Waals surface area (Å²) in [6.45, 7) is -0.345. The molecule has 1 N–H and O–H groups in total. The van der Waals surface area contributed by atoms with E-state index in [1.807, 2.05) is 0 Å². The predicted octanol–water partition coefficient (Wildman–Crippen LogP) is 6.08. The van der Waals surface area contributed by atoms with Crippen LogP contribution in [-0.2, 0) is 14.8 Å². The van der Waals surface area contributed by atoms with Gasteiger partial charge in [0.15, 0.2) is 0 Å². The monoisotopic (exact) mass is 567 g/mol. The maximum atomic E-state index is 14.5. The molecule has 0 radical (unpaired) electrons. The van der Waals surface area contributed by atoms with Gasteiger partial charge in [0.25, 0.3) is 10.0 Å². The SMILES string of the molecule is CC(C)(CCC1CN(S(=O)(=O)c2cccc(OC(F)F)c2)c2cc(-c3cc(F)ccc3F)ccc2O1)C(=O)O. The summed E-state index contributed by atoms with van der Waals surface area (Å²) in [5.41, 5.74) is -1.01. The lowest BCUT2D eigenvalue weighted by molar-refractivity contribution is -0.147. The zero-order valence-electron chi connectivity index (χ0n) is 20.9. The molecule has 0 amide bonds. The molecule has 3 aromatic rings. The van der Waals surface area contributed by atoms with Crippen LogP contribution in [0.3, 0.4) is 0 Å². The Bertz CT molecular complexity index is 1500. The number of carboxylic acids is 1. The maximum absolute atomic E-state index is 14.5. The van der Waals surface area contributed by atoms with E-state index in [0.717, 1.165) is 28.6 Å². The van der Waals surface area contributed by atoms with Crippen LogP contribution in [0.4, 0.5) is 23.2 Å². The number of aliphatic carboxylic acids is 1. The highest BCUT2D eigenvalue weighted by Gasteiger charge is 2.37. The van der Waals surface area contributed by atoms with Gasteiger partial charge in [0.05, 0.1) is 22.5 Å². The van der Waals surface area contributed by atoms with Crippen molar-refractivity contribution in [1.29, 1.82) is 0 Å². The number of rotatable bonds is 9. The van der Waals surface area contributed by atoms with Crippen LogP contribution in [0, 0.1) is 17.0 Å². The van der Waals surface area contributed by atoms with Crippen LogP contribution in [0.25, 0.3) is 11.1 Å². The molecule has 39 heavy (non-hydrogen) atoms. The quantitative estimate of drug-likeness (QED) is 0.315. The topological polar surface area (TPSA) is 93.1 Å². The highest BCUT2D eigenvalue weighted by Crippen LogP contribution is 2.42. The summed E-state index contributed by atoms with van der Waals surface area (Å²) >= 11 is 0. The average Bonchev–Trinajstić information content (AvgIpc) is 2.87. The molecule has 0 aliphatic carbocycles. The number of carboxylic acid groups (broad SMARTS) is 1. The van der Waals surface area contributed by atoms with E-state index in [4.69, 9.17) is 4.74 Å². The molecule has 0 saturated heterocycles. The first-order chi connectivity index (χ1) is 18.3. The molecular formula is C27H25F4NO6S. The van der Waals surface area contributed by atoms with Gasteiger partial charge < -0.3 is 14.6 Å². The molecule has 1 unspecified atom stereocenters. The van der Waals surface area contributed by atoms with Crippen molar-refractivity contribution in [3.05, 3.63) is 72.3 Å². The molecule has 1 atom stereocenters. The van der Waals surface area contributed by atoms with E-state index in [9.17, 15) is 35.9 Å². The third-order valence-corrected chi connectivity index (χ3v) is 8.19. The molecule has 0 spiro atoms. The van der Waals surface area contributed by atoms with E-state index in [1.165, 1.54) is 50.2 Å². The number of anilines is 1. The average molecular weight is 568 g/mol. The first-order valence-corrected chi connectivity index (χ1v) is 13.3. The molecule has 7 nitrogen and oxygen atoms in total. The van der Waals surface area contributed by atoms with Crippen LogP contribution < -0.4 is 13.8 Å². The van der Waals surface area contributed by atoms with E-state index in [-0.39, 0.29) is 52.6 Å². The van der Waals surface area contributed by atoms with E-state index < -0.39 is 45.8 Å². The molecule has 4 rings (SSSR count). The van der Waals surface area contributed by atoms with Gasteiger partial charge in [-0.3, -0.25) is 9.10 Å². The molecule has 1 heterocycles. The normalized spacial score (nSPS) is 15.6. The fourth-order valence-electron chi connectivity index (χ4n) is 4.14. The van der Waals surface area contributed by atoms with Crippen molar-refractivity contribution in [2.24, 2.45) is 5.41 Å². The fraction of sp³-hybridized carbons (Fsp3) is 0.296. The Labute approximate surface area is 222 Å². The first-order valence-electron chi connectivity index (χ1n) is 11.8. The van der Waals surface area contributed by atoms with E-state index in [1.54, 1.807) is 0 Å². The van der Waals surface area contributed by atoms with Gasteiger partial charge in [-0.1, -0.05) is 12.1 Å². The van der Waals surface area contributed by atoms with Crippen LogP contribution in [0.15, 0.2) is 65.6 Å². The number of alkyl halides is 2. The minimum absolute atomic E-state index is 0.0186. The summed E-state index contributed by atoms with van der Waals surface area (Å²) in [6.07, 6.45) is -0.414. The third-order valence-electron chi connectivity index (χ3n) is 6.42. The number of hydrogen-bond acceptors (Lipinski definition) is 5. The van der Waals surface area contributed by atoms with Crippen molar-refractivity contribution < 1.29 is 45.4 Å². The number of nitrogens with zero attached hydrogens (tertiary/aromatic N) is 1. The lowest BCUT2D eigenvalue weighted by atomic mass is 9.86. The second kappa shape index (κ2) is 10.8. The fourth-order valence-corrected chi connectivity index (χ4v) is 5.68. The van der Waals surface area contributed by atoms with E-state index in [0.29, 0.717) is 0 Å². The van der Waals surface area contributed by atoms with Crippen LogP contribution in [0.5, 0.6) is 11.5 Å². The second-order valence-corrected chi connectivity index (χ2v) is 11.5.